The molecule has 1 N–H and O–H groups in total. The number of nitrogens with zero attached hydrogens (tertiary/aromatic N) is 1. The predicted molar refractivity (Wildman–Crippen MR) is 144 cm³/mol. The molecule has 1 aliphatic rings. The molecule has 1 atom stereocenters. The number of carbonyl (C=O) groups is 1. The molecule has 0 spiro atoms. The minimum absolute atomic E-state index is 0.0632. The number of ether oxygens (including phenoxy) is 1. The summed E-state index contributed by atoms with van der Waals surface area (Å²) < 4.78 is 61.8. The highest BCUT2D eigenvalue weighted by molar-refractivity contribution is 7.90. The van der Waals surface area contributed by atoms with Gasteiger partial charge in [-0.2, -0.15) is 0 Å². The summed E-state index contributed by atoms with van der Waals surface area (Å²) in [6.45, 7) is 0.896. The van der Waals surface area contributed by atoms with E-state index in [0.717, 1.165) is 17.2 Å². The Morgan fingerprint density at radius 1 is 1.08 bits per heavy atom. The second-order valence-corrected chi connectivity index (χ2v) is 12.8. The molecular weight excluding hydrogens is 571 g/mol. The van der Waals surface area contributed by atoms with E-state index in [2.05, 4.69) is 0 Å². The number of carbonyl (C=O) groups excluding carboxylic acids is 1. The van der Waals surface area contributed by atoms with Gasteiger partial charge < -0.3 is 14.7 Å². The van der Waals surface area contributed by atoms with E-state index in [1.54, 1.807) is 12.1 Å². The van der Waals surface area contributed by atoms with Crippen LogP contribution in [0.5, 0.6) is 0 Å². The summed E-state index contributed by atoms with van der Waals surface area (Å²) in [5, 5.41) is 10.5. The fraction of sp³-hybridized carbons (Fsp3) is 0.321. The molecule has 0 aromatic heterocycles. The number of rotatable bonds is 11. The van der Waals surface area contributed by atoms with E-state index < -0.39 is 32.6 Å². The Balaban J connectivity index is 2.00. The van der Waals surface area contributed by atoms with Crippen LogP contribution in [0.3, 0.4) is 0 Å². The Labute approximate surface area is 236 Å². The van der Waals surface area contributed by atoms with Gasteiger partial charge in [0, 0.05) is 38.9 Å². The van der Waals surface area contributed by atoms with Crippen LogP contribution in [0.15, 0.2) is 59.5 Å². The lowest BCUT2D eigenvalue weighted by Gasteiger charge is -2.44. The smallest absolute Gasteiger partial charge is 0.212 e. The van der Waals surface area contributed by atoms with Gasteiger partial charge in [-0.15, -0.1) is 0 Å². The summed E-state index contributed by atoms with van der Waals surface area (Å²) in [5.41, 5.74) is -2.07. The minimum Gasteiger partial charge on any atom is -0.396 e. The first-order valence-corrected chi connectivity index (χ1v) is 14.7. The van der Waals surface area contributed by atoms with Gasteiger partial charge in [0.25, 0.3) is 0 Å². The van der Waals surface area contributed by atoms with Crippen molar-refractivity contribution in [2.45, 2.75) is 36.9 Å². The van der Waals surface area contributed by atoms with E-state index >= 15 is 4.39 Å². The third kappa shape index (κ3) is 5.98. The predicted octanol–water partition coefficient (Wildman–Crippen LogP) is 5.63. The van der Waals surface area contributed by atoms with E-state index in [9.17, 15) is 22.7 Å². The molecular formula is C28H27Cl2F2NO5S. The van der Waals surface area contributed by atoms with Crippen LogP contribution in [0.2, 0.25) is 10.0 Å². The number of halogens is 4. The highest BCUT2D eigenvalue weighted by atomic mass is 35.5. The van der Waals surface area contributed by atoms with Crippen LogP contribution < -0.4 is 0 Å². The maximum atomic E-state index is 15.8. The van der Waals surface area contributed by atoms with Crippen molar-refractivity contribution in [3.05, 3.63) is 98.5 Å². The highest BCUT2D eigenvalue weighted by Gasteiger charge is 2.50. The average Bonchev–Trinajstić information content (AvgIpc) is 3.65. The molecule has 0 heterocycles. The number of benzene rings is 3. The molecule has 0 aliphatic heterocycles. The molecule has 39 heavy (non-hydrogen) atoms. The van der Waals surface area contributed by atoms with Crippen LogP contribution in [0.25, 0.3) is 0 Å². The zero-order valence-electron chi connectivity index (χ0n) is 21.3. The van der Waals surface area contributed by atoms with Crippen molar-refractivity contribution in [3.8, 4) is 0 Å². The van der Waals surface area contributed by atoms with Gasteiger partial charge in [-0.1, -0.05) is 41.4 Å². The Bertz CT molecular complexity index is 1470. The number of sulfone groups is 1. The van der Waals surface area contributed by atoms with Gasteiger partial charge in [-0.05, 0) is 61.2 Å². The Morgan fingerprint density at radius 2 is 1.72 bits per heavy atom. The first-order valence-electron chi connectivity index (χ1n) is 12.0. The van der Waals surface area contributed by atoms with Gasteiger partial charge in [-0.25, -0.2) is 17.2 Å². The average molecular weight is 598 g/mol. The summed E-state index contributed by atoms with van der Waals surface area (Å²) in [4.78, 5) is 13.9. The van der Waals surface area contributed by atoms with Crippen LogP contribution in [0.4, 0.5) is 8.78 Å². The van der Waals surface area contributed by atoms with E-state index in [1.165, 1.54) is 37.3 Å². The maximum absolute atomic E-state index is 15.8. The first kappa shape index (κ1) is 29.4. The minimum atomic E-state index is -3.78. The van der Waals surface area contributed by atoms with Gasteiger partial charge in [0.2, 0.25) is 6.41 Å². The molecule has 3 aromatic rings. The van der Waals surface area contributed by atoms with Gasteiger partial charge >= 0.3 is 0 Å². The van der Waals surface area contributed by atoms with E-state index in [-0.39, 0.29) is 51.9 Å². The maximum Gasteiger partial charge on any atom is 0.212 e. The van der Waals surface area contributed by atoms with Crippen molar-refractivity contribution in [1.82, 2.24) is 4.90 Å². The normalized spacial score (nSPS) is 16.0. The van der Waals surface area contributed by atoms with Crippen LogP contribution in [0.1, 0.15) is 35.1 Å². The fourth-order valence-corrected chi connectivity index (χ4v) is 6.00. The number of amides is 1. The number of hydrogen-bond acceptors (Lipinski definition) is 5. The molecule has 1 unspecified atom stereocenters. The van der Waals surface area contributed by atoms with E-state index in [4.69, 9.17) is 27.9 Å². The lowest BCUT2D eigenvalue weighted by atomic mass is 9.88. The molecule has 6 nitrogen and oxygen atoms in total. The molecule has 0 bridgehead atoms. The number of aryl methyl sites for hydroxylation is 1. The summed E-state index contributed by atoms with van der Waals surface area (Å²) in [5.74, 6) is -1.79. The number of aliphatic hydroxyl groups is 1. The van der Waals surface area contributed by atoms with E-state index in [1.807, 2.05) is 0 Å². The number of aliphatic hydroxyl groups excluding tert-OH is 1. The van der Waals surface area contributed by atoms with Gasteiger partial charge in [0.1, 0.15) is 11.6 Å². The highest BCUT2D eigenvalue weighted by Crippen LogP contribution is 2.49. The zero-order chi connectivity index (χ0) is 28.6. The van der Waals surface area contributed by atoms with Crippen molar-refractivity contribution in [1.29, 1.82) is 0 Å². The van der Waals surface area contributed by atoms with Gasteiger partial charge in [-0.3, -0.25) is 4.79 Å². The fourth-order valence-electron chi connectivity index (χ4n) is 4.69. The Hall–Kier alpha value is -2.56. The quantitative estimate of drug-likeness (QED) is 0.229. The summed E-state index contributed by atoms with van der Waals surface area (Å²) in [6, 6.07) is 12.2. The van der Waals surface area contributed by atoms with Crippen LogP contribution in [-0.4, -0.2) is 44.3 Å². The molecule has 4 rings (SSSR count). The Kier molecular flexibility index (Phi) is 8.40. The molecule has 1 saturated carbocycles. The molecule has 3 aromatic carbocycles. The monoisotopic (exact) mass is 597 g/mol. The second kappa shape index (κ2) is 11.1. The molecule has 11 heteroatoms. The summed E-state index contributed by atoms with van der Waals surface area (Å²) >= 11 is 12.2. The van der Waals surface area contributed by atoms with Crippen molar-refractivity contribution in [2.24, 2.45) is 5.41 Å². The largest absolute Gasteiger partial charge is 0.396 e. The lowest BCUT2D eigenvalue weighted by Crippen LogP contribution is -2.50. The Morgan fingerprint density at radius 3 is 2.26 bits per heavy atom. The SMILES string of the molecule is Cc1cc(F)cc(F)c1C(OCC1(CO)CC1)(c1ccc(Cl)cc1)N(C=O)Cc1ccc(Cl)cc1S(C)(=O)=O. The third-order valence-corrected chi connectivity index (χ3v) is 8.67. The third-order valence-electron chi connectivity index (χ3n) is 7.01. The number of hydrogen-bond donors (Lipinski definition) is 1. The lowest BCUT2D eigenvalue weighted by molar-refractivity contribution is -0.166. The van der Waals surface area contributed by atoms with Crippen LogP contribution >= 0.6 is 23.2 Å². The molecule has 1 aliphatic carbocycles. The summed E-state index contributed by atoms with van der Waals surface area (Å²) in [7, 11) is -3.78. The van der Waals surface area contributed by atoms with Crippen LogP contribution in [0, 0.1) is 24.0 Å². The first-order chi connectivity index (χ1) is 18.3. The second-order valence-electron chi connectivity index (χ2n) is 9.93. The molecule has 1 fully saturated rings. The molecule has 0 radical (unpaired) electrons. The molecule has 208 valence electrons. The molecule has 0 saturated heterocycles. The topological polar surface area (TPSA) is 83.9 Å². The van der Waals surface area contributed by atoms with E-state index in [0.29, 0.717) is 30.3 Å². The van der Waals surface area contributed by atoms with Crippen molar-refractivity contribution >= 4 is 39.4 Å². The van der Waals surface area contributed by atoms with Crippen molar-refractivity contribution in [3.63, 3.8) is 0 Å². The van der Waals surface area contributed by atoms with Crippen LogP contribution in [-0.2, 0) is 31.6 Å². The zero-order valence-corrected chi connectivity index (χ0v) is 23.6. The standard InChI is InChI=1S/C28H27Cl2F2NO5S/c1-18-11-23(31)13-24(32)26(18)28(20-4-7-21(29)8-5-20,38-16-27(15-34)9-10-27)33(17-35)14-19-3-6-22(30)12-25(19)39(2,36)37/h3-8,11-13,17,34H,9-10,14-16H2,1-2H3. The van der Waals surface area contributed by atoms with Crippen molar-refractivity contribution in [2.75, 3.05) is 19.5 Å². The van der Waals surface area contributed by atoms with Gasteiger partial charge in [0.05, 0.1) is 24.7 Å². The summed E-state index contributed by atoms with van der Waals surface area (Å²) in [6.07, 6.45) is 2.75. The van der Waals surface area contributed by atoms with Gasteiger partial charge in [0.15, 0.2) is 15.6 Å². The molecule has 1 amide bonds. The van der Waals surface area contributed by atoms with Crippen molar-refractivity contribution < 1.29 is 31.8 Å².